The van der Waals surface area contributed by atoms with Crippen molar-refractivity contribution >= 4 is 18.4 Å². The van der Waals surface area contributed by atoms with Crippen molar-refractivity contribution in [3.05, 3.63) is 12.2 Å². The number of hydrogen-bond donors (Lipinski definition) is 1. The minimum Gasteiger partial charge on any atom is -0.298 e. The molecule has 0 N–H and O–H groups in total. The first kappa shape index (κ1) is 9.85. The van der Waals surface area contributed by atoms with E-state index in [1.165, 1.54) is 0 Å². The van der Waals surface area contributed by atoms with Crippen molar-refractivity contribution in [2.24, 2.45) is 0 Å². The molecule has 1 unspecified atom stereocenters. The van der Waals surface area contributed by atoms with Gasteiger partial charge < -0.3 is 0 Å². The first-order valence-electron chi connectivity index (χ1n) is 4.60. The van der Waals surface area contributed by atoms with Crippen LogP contribution in [-0.4, -0.2) is 10.5 Å². The number of carbonyl (C=O) groups excluding carboxylic acids is 1. The molecule has 0 amide bonds. The van der Waals surface area contributed by atoms with E-state index in [-0.39, 0.29) is 4.75 Å². The zero-order chi connectivity index (χ0) is 9.03. The van der Waals surface area contributed by atoms with Crippen molar-refractivity contribution in [3.8, 4) is 0 Å². The van der Waals surface area contributed by atoms with Gasteiger partial charge in [0.15, 0.2) is 0 Å². The van der Waals surface area contributed by atoms with Crippen LogP contribution >= 0.6 is 12.6 Å². The summed E-state index contributed by atoms with van der Waals surface area (Å²) in [5.41, 5.74) is 0. The molecule has 68 valence electrons. The number of ketones is 1. The summed E-state index contributed by atoms with van der Waals surface area (Å²) in [5.74, 6) is 0.326. The summed E-state index contributed by atoms with van der Waals surface area (Å²) in [4.78, 5) is 11.4. The van der Waals surface area contributed by atoms with Crippen LogP contribution in [0.25, 0.3) is 0 Å². The molecule has 0 aromatic heterocycles. The molecule has 0 aromatic rings. The van der Waals surface area contributed by atoms with Gasteiger partial charge in [0.25, 0.3) is 0 Å². The Labute approximate surface area is 79.6 Å². The Kier molecular flexibility index (Phi) is 3.39. The second kappa shape index (κ2) is 4.13. The Bertz CT molecular complexity index is 198. The maximum Gasteiger partial charge on any atom is 0.148 e. The lowest BCUT2D eigenvalue weighted by atomic mass is 10.0. The molecular weight excluding hydrogens is 168 g/mol. The maximum atomic E-state index is 11.4. The molecule has 1 aliphatic carbocycles. The second-order valence-electron chi connectivity index (χ2n) is 3.39. The molecule has 0 heterocycles. The molecule has 1 nitrogen and oxygen atoms in total. The molecule has 1 saturated carbocycles. The lowest BCUT2D eigenvalue weighted by molar-refractivity contribution is -0.119. The van der Waals surface area contributed by atoms with Gasteiger partial charge in [-0.2, -0.15) is 12.6 Å². The van der Waals surface area contributed by atoms with Gasteiger partial charge in [-0.05, 0) is 25.7 Å². The van der Waals surface area contributed by atoms with Gasteiger partial charge in [-0.3, -0.25) is 4.79 Å². The van der Waals surface area contributed by atoms with Crippen molar-refractivity contribution in [1.29, 1.82) is 0 Å². The number of carbonyl (C=O) groups is 1. The summed E-state index contributed by atoms with van der Waals surface area (Å²) in [6.07, 6.45) is 8.72. The van der Waals surface area contributed by atoms with Crippen LogP contribution in [0.5, 0.6) is 0 Å². The van der Waals surface area contributed by atoms with Crippen LogP contribution in [0, 0.1) is 0 Å². The Morgan fingerprint density at radius 3 is 2.83 bits per heavy atom. The molecule has 0 saturated heterocycles. The van der Waals surface area contributed by atoms with Crippen molar-refractivity contribution in [1.82, 2.24) is 0 Å². The van der Waals surface area contributed by atoms with Gasteiger partial charge in [-0.15, -0.1) is 0 Å². The molecule has 1 fully saturated rings. The van der Waals surface area contributed by atoms with Gasteiger partial charge in [0.2, 0.25) is 0 Å². The van der Waals surface area contributed by atoms with Crippen molar-refractivity contribution < 1.29 is 4.79 Å². The Hall–Kier alpha value is -0.240. The minimum atomic E-state index is -0.328. The highest BCUT2D eigenvalue weighted by Crippen LogP contribution is 2.35. The quantitative estimate of drug-likeness (QED) is 0.527. The van der Waals surface area contributed by atoms with Gasteiger partial charge >= 0.3 is 0 Å². The lowest BCUT2D eigenvalue weighted by Gasteiger charge is -2.17. The van der Waals surface area contributed by atoms with Gasteiger partial charge in [-0.1, -0.05) is 19.1 Å². The Balaban J connectivity index is 2.48. The molecule has 2 heteroatoms. The van der Waals surface area contributed by atoms with E-state index in [4.69, 9.17) is 0 Å². The smallest absolute Gasteiger partial charge is 0.148 e. The van der Waals surface area contributed by atoms with Gasteiger partial charge in [0.05, 0.1) is 4.75 Å². The van der Waals surface area contributed by atoms with Crippen LogP contribution in [-0.2, 0) is 4.79 Å². The van der Waals surface area contributed by atoms with Crippen molar-refractivity contribution in [2.75, 3.05) is 0 Å². The van der Waals surface area contributed by atoms with Gasteiger partial charge in [0, 0.05) is 6.42 Å². The molecule has 0 aliphatic heterocycles. The van der Waals surface area contributed by atoms with Crippen LogP contribution in [0.3, 0.4) is 0 Å². The predicted molar refractivity (Wildman–Crippen MR) is 54.6 cm³/mol. The molecule has 1 atom stereocenters. The van der Waals surface area contributed by atoms with Gasteiger partial charge in [0.1, 0.15) is 5.78 Å². The Morgan fingerprint density at radius 2 is 2.33 bits per heavy atom. The zero-order valence-electron chi connectivity index (χ0n) is 7.55. The minimum absolute atomic E-state index is 0.326. The molecule has 0 spiro atoms. The molecule has 0 aromatic carbocycles. The van der Waals surface area contributed by atoms with E-state index >= 15 is 0 Å². The highest BCUT2D eigenvalue weighted by molar-refractivity contribution is 7.82. The largest absolute Gasteiger partial charge is 0.298 e. The first-order chi connectivity index (χ1) is 5.69. The molecule has 12 heavy (non-hydrogen) atoms. The average molecular weight is 184 g/mol. The van der Waals surface area contributed by atoms with Crippen molar-refractivity contribution in [3.63, 3.8) is 0 Å². The fraction of sp³-hybridized carbons (Fsp3) is 0.700. The maximum absolute atomic E-state index is 11.4. The van der Waals surface area contributed by atoms with Gasteiger partial charge in [-0.25, -0.2) is 0 Å². The summed E-state index contributed by atoms with van der Waals surface area (Å²) in [6, 6.07) is 0. The van der Waals surface area contributed by atoms with E-state index in [1.807, 2.05) is 0 Å². The van der Waals surface area contributed by atoms with E-state index in [9.17, 15) is 4.79 Å². The summed E-state index contributed by atoms with van der Waals surface area (Å²) < 4.78 is -0.328. The highest BCUT2D eigenvalue weighted by Gasteiger charge is 2.36. The summed E-state index contributed by atoms with van der Waals surface area (Å²) >= 11 is 4.45. The fourth-order valence-corrected chi connectivity index (χ4v) is 1.95. The van der Waals surface area contributed by atoms with E-state index in [0.29, 0.717) is 5.78 Å². The van der Waals surface area contributed by atoms with Crippen LogP contribution < -0.4 is 0 Å². The molecule has 1 aliphatic rings. The van der Waals surface area contributed by atoms with E-state index < -0.39 is 0 Å². The summed E-state index contributed by atoms with van der Waals surface area (Å²) in [5, 5.41) is 0. The fourth-order valence-electron chi connectivity index (χ4n) is 1.57. The second-order valence-corrected chi connectivity index (χ2v) is 4.25. The van der Waals surface area contributed by atoms with Crippen molar-refractivity contribution in [2.45, 2.75) is 43.8 Å². The number of Topliss-reactive ketones (excluding diaryl/α,β-unsaturated/α-hetero) is 1. The molecule has 0 radical (unpaired) electrons. The van der Waals surface area contributed by atoms with Crippen LogP contribution in [0.4, 0.5) is 0 Å². The summed E-state index contributed by atoms with van der Waals surface area (Å²) in [6.45, 7) is 2.10. The predicted octanol–water partition coefficient (Wildman–Crippen LogP) is 2.76. The lowest BCUT2D eigenvalue weighted by Crippen LogP contribution is -2.25. The monoisotopic (exact) mass is 184 g/mol. The van der Waals surface area contributed by atoms with Crippen LogP contribution in [0.2, 0.25) is 0 Å². The molecule has 1 rings (SSSR count). The average Bonchev–Trinajstić information content (AvgIpc) is 2.34. The number of rotatable bonds is 3. The standard InChI is InChI=1S/C10H16OS/c1-2-3-4-7-10(12)8-5-6-9(10)11/h3-4,12H,2,5-8H2,1H3. The topological polar surface area (TPSA) is 17.1 Å². The third kappa shape index (κ3) is 2.13. The highest BCUT2D eigenvalue weighted by atomic mass is 32.1. The number of hydrogen-bond acceptors (Lipinski definition) is 2. The normalized spacial score (nSPS) is 30.3. The number of allylic oxidation sites excluding steroid dienone is 2. The number of thiol groups is 1. The van der Waals surface area contributed by atoms with Crippen LogP contribution in [0.15, 0.2) is 12.2 Å². The molecular formula is C10H16OS. The van der Waals surface area contributed by atoms with Crippen LogP contribution in [0.1, 0.15) is 39.0 Å². The molecule has 0 bridgehead atoms. The zero-order valence-corrected chi connectivity index (χ0v) is 8.44. The summed E-state index contributed by atoms with van der Waals surface area (Å²) in [7, 11) is 0. The first-order valence-corrected chi connectivity index (χ1v) is 5.04. The SMILES string of the molecule is CCC=CCC1(S)CCCC1=O. The third-order valence-corrected chi connectivity index (χ3v) is 3.03. The Morgan fingerprint density at radius 1 is 1.58 bits per heavy atom. The van der Waals surface area contributed by atoms with E-state index in [0.717, 1.165) is 32.1 Å². The van der Waals surface area contributed by atoms with E-state index in [2.05, 4.69) is 31.7 Å². The van der Waals surface area contributed by atoms with E-state index in [1.54, 1.807) is 0 Å². The third-order valence-electron chi connectivity index (χ3n) is 2.37.